The van der Waals surface area contributed by atoms with Crippen molar-refractivity contribution in [2.75, 3.05) is 6.61 Å². The second kappa shape index (κ2) is 9.42. The van der Waals surface area contributed by atoms with Gasteiger partial charge in [0.1, 0.15) is 29.6 Å². The number of aromatic carboxylic acids is 1. The minimum absolute atomic E-state index is 0.0160. The summed E-state index contributed by atoms with van der Waals surface area (Å²) in [5.74, 6) is -1.58. The molecule has 1 unspecified atom stereocenters. The summed E-state index contributed by atoms with van der Waals surface area (Å²) in [6.45, 7) is 0.751. The van der Waals surface area contributed by atoms with Crippen LogP contribution in [0.25, 0.3) is 0 Å². The highest BCUT2D eigenvalue weighted by Crippen LogP contribution is 2.18. The van der Waals surface area contributed by atoms with Crippen molar-refractivity contribution >= 4 is 11.9 Å². The first-order valence-electron chi connectivity index (χ1n) is 7.25. The van der Waals surface area contributed by atoms with Gasteiger partial charge in [0.2, 0.25) is 0 Å². The highest BCUT2D eigenvalue weighted by Gasteiger charge is 2.41. The van der Waals surface area contributed by atoms with Crippen LogP contribution >= 0.6 is 0 Å². The number of benzene rings is 1. The lowest BCUT2D eigenvalue weighted by Gasteiger charge is -2.38. The average molecular weight is 359 g/mol. The SMILES string of the molecule is CC(=O)Oc1ccccc1C(=O)O.N[C@H]1C(O)O[C@H](CO)[C@@H](O)[C@@H]1O. The number of carboxylic acid groups (broad SMARTS) is 1. The predicted octanol–water partition coefficient (Wildman–Crippen LogP) is -1.94. The molecular weight excluding hydrogens is 338 g/mol. The van der Waals surface area contributed by atoms with Gasteiger partial charge in [0.15, 0.2) is 6.29 Å². The Morgan fingerprint density at radius 2 is 1.80 bits per heavy atom. The van der Waals surface area contributed by atoms with E-state index in [2.05, 4.69) is 4.74 Å². The zero-order chi connectivity index (χ0) is 19.1. The number of hydrogen-bond acceptors (Lipinski definition) is 9. The van der Waals surface area contributed by atoms with Gasteiger partial charge in [-0.3, -0.25) is 4.79 Å². The first-order valence-corrected chi connectivity index (χ1v) is 7.25. The molecule has 7 N–H and O–H groups in total. The zero-order valence-electron chi connectivity index (χ0n) is 13.3. The number of para-hydroxylation sites is 1. The van der Waals surface area contributed by atoms with E-state index >= 15 is 0 Å². The lowest BCUT2D eigenvalue weighted by Crippen LogP contribution is -2.61. The fraction of sp³-hybridized carbons (Fsp3) is 0.467. The number of esters is 1. The summed E-state index contributed by atoms with van der Waals surface area (Å²) in [6, 6.07) is 4.94. The molecule has 0 spiro atoms. The molecule has 2 rings (SSSR count). The molecule has 0 radical (unpaired) electrons. The normalized spacial score (nSPS) is 28.5. The van der Waals surface area contributed by atoms with E-state index in [-0.39, 0.29) is 11.3 Å². The van der Waals surface area contributed by atoms with Gasteiger partial charge in [0.05, 0.1) is 12.6 Å². The van der Waals surface area contributed by atoms with E-state index in [1.165, 1.54) is 19.1 Å². The van der Waals surface area contributed by atoms with E-state index in [4.69, 9.17) is 25.8 Å². The third-order valence-electron chi connectivity index (χ3n) is 3.32. The third kappa shape index (κ3) is 5.74. The van der Waals surface area contributed by atoms with E-state index in [1.807, 2.05) is 0 Å². The van der Waals surface area contributed by atoms with Crippen LogP contribution in [0.4, 0.5) is 0 Å². The lowest BCUT2D eigenvalue weighted by molar-refractivity contribution is -0.248. The van der Waals surface area contributed by atoms with Crippen molar-refractivity contribution in [1.82, 2.24) is 0 Å². The number of carboxylic acids is 1. The second-order valence-corrected chi connectivity index (χ2v) is 5.20. The number of hydrogen-bond donors (Lipinski definition) is 6. The van der Waals surface area contributed by atoms with E-state index in [1.54, 1.807) is 12.1 Å². The van der Waals surface area contributed by atoms with Crippen LogP contribution in [-0.4, -0.2) is 74.7 Å². The molecule has 5 atom stereocenters. The van der Waals surface area contributed by atoms with Crippen molar-refractivity contribution in [3.05, 3.63) is 29.8 Å². The Bertz CT molecular complexity index is 589. The number of ether oxygens (including phenoxy) is 2. The van der Waals surface area contributed by atoms with Gasteiger partial charge in [-0.2, -0.15) is 0 Å². The molecule has 0 aromatic heterocycles. The minimum atomic E-state index is -1.35. The topological polar surface area (TPSA) is 180 Å². The van der Waals surface area contributed by atoms with Gasteiger partial charge < -0.3 is 40.7 Å². The van der Waals surface area contributed by atoms with E-state index < -0.39 is 49.2 Å². The molecule has 0 amide bonds. The summed E-state index contributed by atoms with van der Waals surface area (Å²) < 4.78 is 9.39. The summed E-state index contributed by atoms with van der Waals surface area (Å²) in [6.07, 6.45) is -4.85. The van der Waals surface area contributed by atoms with Crippen LogP contribution in [0, 0.1) is 0 Å². The van der Waals surface area contributed by atoms with Gasteiger partial charge in [-0.05, 0) is 12.1 Å². The van der Waals surface area contributed by atoms with Gasteiger partial charge in [-0.1, -0.05) is 12.1 Å². The van der Waals surface area contributed by atoms with Crippen molar-refractivity contribution in [1.29, 1.82) is 0 Å². The van der Waals surface area contributed by atoms with E-state index in [9.17, 15) is 19.8 Å². The van der Waals surface area contributed by atoms with Crippen molar-refractivity contribution in [3.8, 4) is 5.75 Å². The molecule has 0 saturated carbocycles. The van der Waals surface area contributed by atoms with E-state index in [0.717, 1.165) is 0 Å². The smallest absolute Gasteiger partial charge is 0.339 e. The number of aliphatic hydroxyl groups is 4. The van der Waals surface area contributed by atoms with Crippen LogP contribution in [0.1, 0.15) is 17.3 Å². The number of carbonyl (C=O) groups excluding carboxylic acids is 1. The molecule has 0 aliphatic carbocycles. The minimum Gasteiger partial charge on any atom is -0.478 e. The predicted molar refractivity (Wildman–Crippen MR) is 82.7 cm³/mol. The zero-order valence-corrected chi connectivity index (χ0v) is 13.3. The summed E-state index contributed by atoms with van der Waals surface area (Å²) in [5, 5.41) is 44.8. The number of nitrogens with two attached hydrogens (primary N) is 1. The molecule has 10 heteroatoms. The molecule has 1 aromatic rings. The van der Waals surface area contributed by atoms with Crippen molar-refractivity contribution in [2.24, 2.45) is 5.73 Å². The molecule has 1 heterocycles. The summed E-state index contributed by atoms with van der Waals surface area (Å²) in [7, 11) is 0. The molecule has 140 valence electrons. The Labute approximate surface area is 143 Å². The van der Waals surface area contributed by atoms with Crippen LogP contribution in [0.3, 0.4) is 0 Å². The molecule has 1 saturated heterocycles. The molecule has 0 bridgehead atoms. The summed E-state index contributed by atoms with van der Waals surface area (Å²) in [5.41, 5.74) is 5.25. The Balaban J connectivity index is 0.000000251. The fourth-order valence-corrected chi connectivity index (χ4v) is 2.00. The molecule has 1 aromatic carbocycles. The van der Waals surface area contributed by atoms with Crippen molar-refractivity contribution in [3.63, 3.8) is 0 Å². The maximum Gasteiger partial charge on any atom is 0.339 e. The molecule has 1 fully saturated rings. The highest BCUT2D eigenvalue weighted by atomic mass is 16.6. The van der Waals surface area contributed by atoms with Crippen LogP contribution in [0.2, 0.25) is 0 Å². The van der Waals surface area contributed by atoms with Crippen molar-refractivity contribution < 1.29 is 44.6 Å². The Hall–Kier alpha value is -2.08. The largest absolute Gasteiger partial charge is 0.478 e. The third-order valence-corrected chi connectivity index (χ3v) is 3.32. The molecule has 1 aliphatic rings. The number of rotatable bonds is 3. The highest BCUT2D eigenvalue weighted by molar-refractivity contribution is 5.91. The van der Waals surface area contributed by atoms with Gasteiger partial charge in [0.25, 0.3) is 0 Å². The van der Waals surface area contributed by atoms with Crippen LogP contribution in [0.15, 0.2) is 24.3 Å². The maximum atomic E-state index is 10.6. The summed E-state index contributed by atoms with van der Waals surface area (Å²) in [4.78, 5) is 21.2. The first-order chi connectivity index (χ1) is 11.7. The Kier molecular flexibility index (Phi) is 7.90. The summed E-state index contributed by atoms with van der Waals surface area (Å²) >= 11 is 0. The molecular formula is C15H21NO9. The average Bonchev–Trinajstić information content (AvgIpc) is 2.56. The van der Waals surface area contributed by atoms with Gasteiger partial charge in [0, 0.05) is 6.92 Å². The van der Waals surface area contributed by atoms with Gasteiger partial charge in [-0.15, -0.1) is 0 Å². The van der Waals surface area contributed by atoms with Crippen LogP contribution < -0.4 is 10.5 Å². The number of aliphatic hydroxyl groups excluding tert-OH is 4. The number of carbonyl (C=O) groups is 2. The Morgan fingerprint density at radius 1 is 1.20 bits per heavy atom. The maximum absolute atomic E-state index is 10.6. The fourth-order valence-electron chi connectivity index (χ4n) is 2.00. The first kappa shape index (κ1) is 21.0. The van der Waals surface area contributed by atoms with Gasteiger partial charge in [-0.25, -0.2) is 4.79 Å². The quantitative estimate of drug-likeness (QED) is 0.262. The van der Waals surface area contributed by atoms with E-state index in [0.29, 0.717) is 0 Å². The molecule has 25 heavy (non-hydrogen) atoms. The Morgan fingerprint density at radius 3 is 2.32 bits per heavy atom. The standard InChI is InChI=1S/C9H8O4.C6H13NO5/c1-6(10)13-8-5-3-2-4-7(8)9(11)12;7-3-5(10)4(9)2(1-8)12-6(3)11/h2-5H,1H3,(H,11,12);2-6,8-11H,1,7H2/t;2-,3-,4-,5-,6?/m.1/s1. The monoisotopic (exact) mass is 359 g/mol. The molecule has 10 nitrogen and oxygen atoms in total. The van der Waals surface area contributed by atoms with Crippen molar-refractivity contribution in [2.45, 2.75) is 37.6 Å². The van der Waals surface area contributed by atoms with Crippen LogP contribution in [-0.2, 0) is 9.53 Å². The molecule has 1 aliphatic heterocycles. The van der Waals surface area contributed by atoms with Gasteiger partial charge >= 0.3 is 11.9 Å². The lowest BCUT2D eigenvalue weighted by atomic mass is 9.98. The second-order valence-electron chi connectivity index (χ2n) is 5.20. The van der Waals surface area contributed by atoms with Crippen LogP contribution in [0.5, 0.6) is 5.75 Å².